The summed E-state index contributed by atoms with van der Waals surface area (Å²) in [7, 11) is 0. The van der Waals surface area contributed by atoms with Crippen LogP contribution in [0.2, 0.25) is 0 Å². The van der Waals surface area contributed by atoms with Gasteiger partial charge in [-0.25, -0.2) is 5.10 Å². The number of rotatable bonds is 18. The zero-order valence-corrected chi connectivity index (χ0v) is 24.7. The third-order valence-corrected chi connectivity index (χ3v) is 8.71. The van der Waals surface area contributed by atoms with E-state index in [0.29, 0.717) is 12.2 Å². The van der Waals surface area contributed by atoms with Crippen LogP contribution in [0.1, 0.15) is 122 Å². The monoisotopic (exact) mass is 560 g/mol. The topological polar surface area (TPSA) is 108 Å². The number of carbonyl (C=O) groups is 1. The van der Waals surface area contributed by atoms with Gasteiger partial charge in [0, 0.05) is 44.5 Å². The smallest absolute Gasteiger partial charge is 0.157 e. The Morgan fingerprint density at radius 1 is 0.950 bits per heavy atom. The fraction of sp³-hybridized carbons (Fsp3) is 0.871. The van der Waals surface area contributed by atoms with Crippen molar-refractivity contribution in [1.29, 1.82) is 0 Å². The van der Waals surface area contributed by atoms with Gasteiger partial charge in [0.25, 0.3) is 0 Å². The molecule has 1 aromatic heterocycles. The first-order valence-electron chi connectivity index (χ1n) is 16.1. The molecule has 9 heteroatoms. The summed E-state index contributed by atoms with van der Waals surface area (Å²) in [6.45, 7) is 4.62. The molecule has 1 aliphatic carbocycles. The molecular formula is C31H52N4O5. The summed E-state index contributed by atoms with van der Waals surface area (Å²) in [6, 6.07) is 0. The van der Waals surface area contributed by atoms with Gasteiger partial charge in [-0.3, -0.25) is 4.79 Å². The predicted octanol–water partition coefficient (Wildman–Crippen LogP) is 6.25. The van der Waals surface area contributed by atoms with Gasteiger partial charge in [0.15, 0.2) is 12.6 Å². The molecule has 2 saturated heterocycles. The number of H-pyrrole nitrogens is 1. The van der Waals surface area contributed by atoms with Gasteiger partial charge in [0.05, 0.1) is 6.10 Å². The highest BCUT2D eigenvalue weighted by Gasteiger charge is 2.44. The maximum Gasteiger partial charge on any atom is 0.157 e. The van der Waals surface area contributed by atoms with Crippen molar-refractivity contribution in [2.24, 2.45) is 11.8 Å². The van der Waals surface area contributed by atoms with Crippen molar-refractivity contribution < 1.29 is 23.7 Å². The maximum atomic E-state index is 13.2. The number of aromatic amines is 1. The number of unbranched alkanes of at least 4 members (excludes halogenated alkanes) is 7. The average molecular weight is 561 g/mol. The van der Waals surface area contributed by atoms with Crippen LogP contribution in [-0.4, -0.2) is 64.9 Å². The van der Waals surface area contributed by atoms with E-state index < -0.39 is 0 Å². The Bertz CT molecular complexity index is 852. The van der Waals surface area contributed by atoms with Crippen LogP contribution in [0.3, 0.4) is 0 Å². The highest BCUT2D eigenvalue weighted by Crippen LogP contribution is 2.41. The Labute approximate surface area is 240 Å². The van der Waals surface area contributed by atoms with Crippen molar-refractivity contribution >= 4 is 5.78 Å². The van der Waals surface area contributed by atoms with Crippen LogP contribution in [-0.2, 0) is 30.2 Å². The summed E-state index contributed by atoms with van der Waals surface area (Å²) in [6.07, 6.45) is 21.2. The molecule has 0 amide bonds. The van der Waals surface area contributed by atoms with E-state index >= 15 is 0 Å². The van der Waals surface area contributed by atoms with Crippen LogP contribution in [0.5, 0.6) is 0 Å². The Morgan fingerprint density at radius 2 is 1.70 bits per heavy atom. The predicted molar refractivity (Wildman–Crippen MR) is 152 cm³/mol. The van der Waals surface area contributed by atoms with E-state index in [-0.39, 0.29) is 30.5 Å². The van der Waals surface area contributed by atoms with E-state index in [1.807, 2.05) is 0 Å². The van der Waals surface area contributed by atoms with Gasteiger partial charge in [-0.15, -0.1) is 5.10 Å². The zero-order valence-electron chi connectivity index (χ0n) is 24.7. The molecule has 3 heterocycles. The third-order valence-electron chi connectivity index (χ3n) is 8.71. The molecule has 1 N–H and O–H groups in total. The summed E-state index contributed by atoms with van der Waals surface area (Å²) in [4.78, 5) is 13.2. The minimum Gasteiger partial charge on any atom is -0.353 e. The molecule has 1 aromatic rings. The molecule has 2 aliphatic heterocycles. The van der Waals surface area contributed by atoms with Gasteiger partial charge in [0.1, 0.15) is 11.6 Å². The number of allylic oxidation sites excluding steroid dienone is 1. The number of ether oxygens (including phenoxy) is 4. The average Bonchev–Trinajstić information content (AvgIpc) is 3.60. The molecule has 4 rings (SSSR count). The molecule has 40 heavy (non-hydrogen) atoms. The summed E-state index contributed by atoms with van der Waals surface area (Å²) >= 11 is 0. The summed E-state index contributed by atoms with van der Waals surface area (Å²) in [5.41, 5.74) is 1.33. The standard InChI is InChI=1S/C31H52N4O5/c1-24(15-7-3-2-6-12-20-37-29-18-10-13-21-38-29)31-25(16-8-4-5-9-17-28-32-34-35-33-28)26(36)23-27(31)40-30-19-11-14-22-39-30/h15,25,27,29-31H,2-14,16-23H2,1H3,(H,32,33,34,35)/t25-,27+,29?,30?,31-/m1/s1. The molecule has 5 atom stereocenters. The highest BCUT2D eigenvalue weighted by molar-refractivity contribution is 5.85. The van der Waals surface area contributed by atoms with Crippen LogP contribution in [0, 0.1) is 11.8 Å². The molecule has 0 bridgehead atoms. The maximum absolute atomic E-state index is 13.2. The Balaban J connectivity index is 1.19. The summed E-state index contributed by atoms with van der Waals surface area (Å²) in [5.74, 6) is 1.44. The molecule has 3 fully saturated rings. The van der Waals surface area contributed by atoms with Crippen molar-refractivity contribution in [3.8, 4) is 0 Å². The van der Waals surface area contributed by atoms with E-state index in [2.05, 4.69) is 33.6 Å². The number of nitrogens with zero attached hydrogens (tertiary/aromatic N) is 3. The molecule has 0 radical (unpaired) electrons. The number of aryl methyl sites for hydroxylation is 1. The Morgan fingerprint density at radius 3 is 2.45 bits per heavy atom. The molecule has 9 nitrogen and oxygen atoms in total. The molecule has 0 spiro atoms. The zero-order chi connectivity index (χ0) is 27.8. The lowest BCUT2D eigenvalue weighted by molar-refractivity contribution is -0.193. The van der Waals surface area contributed by atoms with Gasteiger partial charge in [-0.05, 0) is 88.0 Å². The van der Waals surface area contributed by atoms with Crippen LogP contribution in [0.4, 0.5) is 0 Å². The van der Waals surface area contributed by atoms with Crippen LogP contribution >= 0.6 is 0 Å². The molecule has 3 aliphatic rings. The lowest BCUT2D eigenvalue weighted by atomic mass is 9.83. The number of carbonyl (C=O) groups excluding carboxylic acids is 1. The summed E-state index contributed by atoms with van der Waals surface area (Å²) < 4.78 is 23.9. The lowest BCUT2D eigenvalue weighted by Crippen LogP contribution is -2.32. The van der Waals surface area contributed by atoms with Gasteiger partial charge >= 0.3 is 0 Å². The van der Waals surface area contributed by atoms with Crippen molar-refractivity contribution in [3.05, 3.63) is 17.5 Å². The number of hydrogen-bond donors (Lipinski definition) is 1. The van der Waals surface area contributed by atoms with E-state index in [9.17, 15) is 4.79 Å². The largest absolute Gasteiger partial charge is 0.353 e. The molecule has 226 valence electrons. The number of tetrazole rings is 1. The van der Waals surface area contributed by atoms with Crippen molar-refractivity contribution in [1.82, 2.24) is 20.6 Å². The second-order valence-corrected chi connectivity index (χ2v) is 11.9. The Hall–Kier alpha value is -1.68. The number of hydrogen-bond acceptors (Lipinski definition) is 8. The highest BCUT2D eigenvalue weighted by atomic mass is 16.7. The molecule has 0 aromatic carbocycles. The second-order valence-electron chi connectivity index (χ2n) is 11.9. The minimum absolute atomic E-state index is 0.0207. The SMILES string of the molecule is CC(=CCCCCCCOC1CCCCO1)[C@H]1[C@@H](OC2CCCCO2)CC(=O)[C@H]1CCCCCCc1nnn[nH]1. The number of aromatic nitrogens is 4. The van der Waals surface area contributed by atoms with E-state index in [0.717, 1.165) is 109 Å². The van der Waals surface area contributed by atoms with E-state index in [1.54, 1.807) is 0 Å². The second kappa shape index (κ2) is 18.0. The van der Waals surface area contributed by atoms with Gasteiger partial charge in [0.2, 0.25) is 0 Å². The molecule has 1 saturated carbocycles. The van der Waals surface area contributed by atoms with E-state index in [1.165, 1.54) is 31.3 Å². The third kappa shape index (κ3) is 10.6. The van der Waals surface area contributed by atoms with Crippen molar-refractivity contribution in [3.63, 3.8) is 0 Å². The van der Waals surface area contributed by atoms with Crippen LogP contribution in [0.15, 0.2) is 11.6 Å². The molecular weight excluding hydrogens is 508 g/mol. The molecule has 2 unspecified atom stereocenters. The fourth-order valence-electron chi connectivity index (χ4n) is 6.45. The minimum atomic E-state index is -0.160. The lowest BCUT2D eigenvalue weighted by Gasteiger charge is -2.30. The first-order valence-corrected chi connectivity index (χ1v) is 16.1. The quantitative estimate of drug-likeness (QED) is 0.166. The number of Topliss-reactive ketones (excluding diaryl/α,β-unsaturated/α-hetero) is 1. The number of ketones is 1. The van der Waals surface area contributed by atoms with Crippen molar-refractivity contribution in [2.45, 2.75) is 141 Å². The van der Waals surface area contributed by atoms with Crippen molar-refractivity contribution in [2.75, 3.05) is 19.8 Å². The number of nitrogens with one attached hydrogen (secondary N) is 1. The first kappa shape index (κ1) is 31.3. The van der Waals surface area contributed by atoms with E-state index in [4.69, 9.17) is 18.9 Å². The van der Waals surface area contributed by atoms with Gasteiger partial charge in [-0.2, -0.15) is 0 Å². The summed E-state index contributed by atoms with van der Waals surface area (Å²) in [5, 5.41) is 14.1. The fourth-order valence-corrected chi connectivity index (χ4v) is 6.45. The van der Waals surface area contributed by atoms with Crippen LogP contribution in [0.25, 0.3) is 0 Å². The first-order chi connectivity index (χ1) is 19.7. The normalized spacial score (nSPS) is 27.9. The van der Waals surface area contributed by atoms with Crippen LogP contribution < -0.4 is 0 Å². The van der Waals surface area contributed by atoms with Gasteiger partial charge < -0.3 is 18.9 Å². The Kier molecular flexibility index (Phi) is 14.1. The van der Waals surface area contributed by atoms with Gasteiger partial charge in [-0.1, -0.05) is 43.8 Å².